The van der Waals surface area contributed by atoms with E-state index < -0.39 is 29.8 Å². The Hall–Kier alpha value is 0.371. The van der Waals surface area contributed by atoms with Crippen molar-refractivity contribution in [2.75, 3.05) is 0 Å². The first-order valence-corrected chi connectivity index (χ1v) is 3.21. The molecule has 0 bridgehead atoms. The summed E-state index contributed by atoms with van der Waals surface area (Å²) < 4.78 is 60.8. The Morgan fingerprint density at radius 2 is 1.43 bits per heavy atom. The second-order valence-corrected chi connectivity index (χ2v) is 2.37. The van der Waals surface area contributed by atoms with Gasteiger partial charge in [-0.3, -0.25) is 0 Å². The van der Waals surface area contributed by atoms with Crippen molar-refractivity contribution in [2.45, 2.75) is 0 Å². The van der Waals surface area contributed by atoms with Gasteiger partial charge in [-0.25, -0.2) is 8.78 Å². The predicted molar refractivity (Wildman–Crippen MR) is 36.7 cm³/mol. The van der Waals surface area contributed by atoms with Gasteiger partial charge >= 0.3 is 58.4 Å². The van der Waals surface area contributed by atoms with Gasteiger partial charge in [0.15, 0.2) is 5.82 Å². The third kappa shape index (κ3) is 2.93. The molecule has 1 aromatic rings. The number of phenolic OH excluding ortho intramolecular Hbond substituents is 1. The normalized spacial score (nSPS) is 10.9. The molecular weight excluding hydrogens is 233 g/mol. The smallest absolute Gasteiger partial charge is 0.508 e. The van der Waals surface area contributed by atoms with Crippen molar-refractivity contribution in [3.05, 3.63) is 23.8 Å². The number of hydrogen-bond acceptors (Lipinski definition) is 1. The first-order valence-electron chi connectivity index (χ1n) is 3.21. The number of hydrogen-bond donors (Lipinski definition) is 1. The van der Waals surface area contributed by atoms with E-state index in [9.17, 15) is 21.7 Å². The summed E-state index contributed by atoms with van der Waals surface area (Å²) in [5.74, 6) is -4.85. The van der Waals surface area contributed by atoms with Crippen LogP contribution in [0.4, 0.5) is 21.7 Å². The third-order valence-electron chi connectivity index (χ3n) is 1.44. The van der Waals surface area contributed by atoms with Crippen molar-refractivity contribution < 1.29 is 78.2 Å². The minimum Gasteiger partial charge on any atom is -0.508 e. The van der Waals surface area contributed by atoms with Crippen LogP contribution in [0, 0.1) is 11.6 Å². The summed E-state index contributed by atoms with van der Waals surface area (Å²) in [6.07, 6.45) is 0. The van der Waals surface area contributed by atoms with Gasteiger partial charge in [0.1, 0.15) is 5.75 Å². The first kappa shape index (κ1) is 14.4. The fourth-order valence-electron chi connectivity index (χ4n) is 0.868. The molecule has 0 radical (unpaired) electrons. The van der Waals surface area contributed by atoms with Gasteiger partial charge in [0.2, 0.25) is 0 Å². The Morgan fingerprint density at radius 3 is 1.79 bits per heavy atom. The maximum absolute atomic E-state index is 12.5. The molecule has 1 aromatic carbocycles. The molecule has 0 fully saturated rings. The molecule has 72 valence electrons. The quantitative estimate of drug-likeness (QED) is 0.476. The van der Waals surface area contributed by atoms with Crippen molar-refractivity contribution in [2.24, 2.45) is 0 Å². The summed E-state index contributed by atoms with van der Waals surface area (Å²) in [6.45, 7) is -5.74. The SMILES string of the molecule is Oc1c(F)ccc(F)c1[B-](F)(F)F.[K+]. The van der Waals surface area contributed by atoms with E-state index in [-0.39, 0.29) is 51.4 Å². The maximum Gasteiger partial charge on any atom is 1.00 e. The molecule has 0 spiro atoms. The molecule has 0 aromatic heterocycles. The fourth-order valence-corrected chi connectivity index (χ4v) is 0.868. The van der Waals surface area contributed by atoms with Crippen molar-refractivity contribution in [1.82, 2.24) is 0 Å². The molecule has 0 saturated heterocycles. The van der Waals surface area contributed by atoms with Crippen LogP contribution in [-0.4, -0.2) is 12.1 Å². The van der Waals surface area contributed by atoms with Gasteiger partial charge in [0.05, 0.1) is 5.82 Å². The van der Waals surface area contributed by atoms with Crippen LogP contribution in [0.3, 0.4) is 0 Å². The topological polar surface area (TPSA) is 20.2 Å². The predicted octanol–water partition coefficient (Wildman–Crippen LogP) is -1.27. The van der Waals surface area contributed by atoms with Gasteiger partial charge in [-0.1, -0.05) is 0 Å². The Kier molecular flexibility index (Phi) is 5.06. The molecule has 1 nitrogen and oxygen atoms in total. The molecule has 1 rings (SSSR count). The summed E-state index contributed by atoms with van der Waals surface area (Å²) in [5.41, 5.74) is -1.92. The fraction of sp³-hybridized carbons (Fsp3) is 0. The van der Waals surface area contributed by atoms with E-state index >= 15 is 0 Å². The molecule has 14 heavy (non-hydrogen) atoms. The zero-order valence-corrected chi connectivity index (χ0v) is 10.2. The zero-order chi connectivity index (χ0) is 10.2. The number of rotatable bonds is 1. The number of phenols is 1. The summed E-state index contributed by atoms with van der Waals surface area (Å²) >= 11 is 0. The Labute approximate surface area is 119 Å². The Bertz CT molecular complexity index is 340. The molecule has 8 heteroatoms. The zero-order valence-electron chi connectivity index (χ0n) is 7.07. The second kappa shape index (κ2) is 4.93. The molecular formula is C6H3BF5KO. The van der Waals surface area contributed by atoms with Crippen LogP contribution in [0.5, 0.6) is 5.75 Å². The van der Waals surface area contributed by atoms with Gasteiger partial charge < -0.3 is 18.1 Å². The second-order valence-electron chi connectivity index (χ2n) is 2.37. The van der Waals surface area contributed by atoms with Gasteiger partial charge in [0, 0.05) is 0 Å². The average molecular weight is 236 g/mol. The summed E-state index contributed by atoms with van der Waals surface area (Å²) in [5, 5.41) is 8.59. The molecule has 0 saturated carbocycles. The van der Waals surface area contributed by atoms with Gasteiger partial charge in [0.25, 0.3) is 0 Å². The van der Waals surface area contributed by atoms with Crippen LogP contribution in [0.1, 0.15) is 0 Å². The molecule has 0 atom stereocenters. The van der Waals surface area contributed by atoms with Crippen molar-refractivity contribution in [1.29, 1.82) is 0 Å². The molecule has 0 aliphatic heterocycles. The standard InChI is InChI=1S/C6H3BF5O.K/c8-3-1-2-4(9)6(13)5(3)7(10,11)12;/h1-2,13H;/q-1;+1. The minimum atomic E-state index is -5.74. The summed E-state index contributed by atoms with van der Waals surface area (Å²) in [7, 11) is 0. The number of halogens is 5. The summed E-state index contributed by atoms with van der Waals surface area (Å²) in [6, 6.07) is 0.746. The molecule has 1 N–H and O–H groups in total. The van der Waals surface area contributed by atoms with Crippen LogP contribution < -0.4 is 56.8 Å². The molecule has 0 aliphatic rings. The summed E-state index contributed by atoms with van der Waals surface area (Å²) in [4.78, 5) is 0. The first-order chi connectivity index (χ1) is 5.84. The van der Waals surface area contributed by atoms with Crippen LogP contribution in [0.2, 0.25) is 0 Å². The van der Waals surface area contributed by atoms with E-state index in [0.29, 0.717) is 12.1 Å². The largest absolute Gasteiger partial charge is 1.00 e. The van der Waals surface area contributed by atoms with E-state index in [4.69, 9.17) is 5.11 Å². The molecule has 0 amide bonds. The number of benzene rings is 1. The van der Waals surface area contributed by atoms with E-state index in [0.717, 1.165) is 0 Å². The van der Waals surface area contributed by atoms with E-state index in [1.165, 1.54) is 0 Å². The van der Waals surface area contributed by atoms with Crippen LogP contribution in [-0.2, 0) is 0 Å². The maximum atomic E-state index is 12.5. The van der Waals surface area contributed by atoms with E-state index in [1.54, 1.807) is 0 Å². The molecule has 0 heterocycles. The molecule has 0 unspecified atom stereocenters. The molecule has 0 aliphatic carbocycles. The van der Waals surface area contributed by atoms with E-state index in [2.05, 4.69) is 0 Å². The van der Waals surface area contributed by atoms with Gasteiger partial charge in [-0.2, -0.15) is 0 Å². The average Bonchev–Trinajstić information content (AvgIpc) is 1.95. The van der Waals surface area contributed by atoms with Crippen molar-refractivity contribution in [3.8, 4) is 5.75 Å². The Balaban J connectivity index is 0.00000169. The Morgan fingerprint density at radius 1 is 1.00 bits per heavy atom. The van der Waals surface area contributed by atoms with Crippen LogP contribution in [0.15, 0.2) is 12.1 Å². The monoisotopic (exact) mass is 236 g/mol. The van der Waals surface area contributed by atoms with E-state index in [1.807, 2.05) is 0 Å². The number of aromatic hydroxyl groups is 1. The third-order valence-corrected chi connectivity index (χ3v) is 1.44. The van der Waals surface area contributed by atoms with Crippen molar-refractivity contribution >= 4 is 12.4 Å². The minimum absolute atomic E-state index is 0. The van der Waals surface area contributed by atoms with Crippen LogP contribution in [0.25, 0.3) is 0 Å². The van der Waals surface area contributed by atoms with Crippen LogP contribution >= 0.6 is 0 Å². The van der Waals surface area contributed by atoms with Gasteiger partial charge in [-0.15, -0.1) is 0 Å². The van der Waals surface area contributed by atoms with Gasteiger partial charge in [-0.05, 0) is 17.6 Å². The van der Waals surface area contributed by atoms with Crippen molar-refractivity contribution in [3.63, 3.8) is 0 Å².